The van der Waals surface area contributed by atoms with E-state index in [0.29, 0.717) is 44.8 Å². The summed E-state index contributed by atoms with van der Waals surface area (Å²) >= 11 is 10.4. The van der Waals surface area contributed by atoms with E-state index in [0.717, 1.165) is 4.31 Å². The number of amides is 4. The molecular weight excluding hydrogens is 492 g/mol. The second-order valence-corrected chi connectivity index (χ2v) is 8.00. The van der Waals surface area contributed by atoms with E-state index in [1.54, 1.807) is 54.6 Å². The second kappa shape index (κ2) is 11.5. The molecule has 35 heavy (non-hydrogen) atoms. The number of anilines is 4. The van der Waals surface area contributed by atoms with Crippen molar-refractivity contribution in [2.24, 2.45) is 0 Å². The number of carbonyl (C=O) groups is 3. The molecule has 0 aromatic heterocycles. The summed E-state index contributed by atoms with van der Waals surface area (Å²) in [5, 5.41) is 8.39. The normalized spacial score (nSPS) is 10.2. The summed E-state index contributed by atoms with van der Waals surface area (Å²) in [6.07, 6.45) is 0. The SMILES string of the molecule is COc1cc(OC)c(NC(=O)N(S)c2ccc(NC(=O)c3cccc(NC(C)=O)c3)cc2)cc1Cl. The van der Waals surface area contributed by atoms with Crippen LogP contribution in [0.15, 0.2) is 60.7 Å². The lowest BCUT2D eigenvalue weighted by atomic mass is 10.1. The Morgan fingerprint density at radius 1 is 0.857 bits per heavy atom. The smallest absolute Gasteiger partial charge is 0.336 e. The van der Waals surface area contributed by atoms with Gasteiger partial charge in [0.25, 0.3) is 5.91 Å². The number of methoxy groups -OCH3 is 2. The third-order valence-corrected chi connectivity index (χ3v) is 5.43. The van der Waals surface area contributed by atoms with Crippen LogP contribution in [-0.4, -0.2) is 32.1 Å². The number of urea groups is 1. The molecule has 9 nitrogen and oxygen atoms in total. The van der Waals surface area contributed by atoms with Crippen molar-refractivity contribution in [2.75, 3.05) is 34.5 Å². The summed E-state index contributed by atoms with van der Waals surface area (Å²) < 4.78 is 11.5. The van der Waals surface area contributed by atoms with Crippen molar-refractivity contribution in [3.05, 3.63) is 71.2 Å². The molecular formula is C24H23ClN4O5S. The van der Waals surface area contributed by atoms with Crippen molar-refractivity contribution >= 4 is 65.0 Å². The Balaban J connectivity index is 1.67. The zero-order chi connectivity index (χ0) is 25.5. The number of halogens is 1. The van der Waals surface area contributed by atoms with Crippen molar-refractivity contribution in [3.8, 4) is 11.5 Å². The monoisotopic (exact) mass is 514 g/mol. The Hall–Kier alpha value is -3.89. The molecule has 4 amide bonds. The average Bonchev–Trinajstić information content (AvgIpc) is 2.84. The third kappa shape index (κ3) is 6.58. The third-order valence-electron chi connectivity index (χ3n) is 4.72. The van der Waals surface area contributed by atoms with E-state index < -0.39 is 6.03 Å². The first-order valence-electron chi connectivity index (χ1n) is 10.2. The molecule has 3 aromatic rings. The Bertz CT molecular complexity index is 1250. The zero-order valence-corrected chi connectivity index (χ0v) is 20.7. The van der Waals surface area contributed by atoms with E-state index in [-0.39, 0.29) is 11.8 Å². The summed E-state index contributed by atoms with van der Waals surface area (Å²) in [5.74, 6) is 0.187. The highest BCUT2D eigenvalue weighted by atomic mass is 35.5. The molecule has 0 radical (unpaired) electrons. The summed E-state index contributed by atoms with van der Waals surface area (Å²) in [6.45, 7) is 1.39. The molecule has 0 atom stereocenters. The largest absolute Gasteiger partial charge is 0.495 e. The molecule has 0 fully saturated rings. The number of nitrogens with zero attached hydrogens (tertiary/aromatic N) is 1. The quantitative estimate of drug-likeness (QED) is 0.313. The number of rotatable bonds is 7. The standard InChI is InChI=1S/C24H23ClN4O5S/c1-14(30)26-17-6-4-5-15(11-17)23(31)27-16-7-9-18(10-8-16)29(35)24(32)28-20-12-19(25)21(33-2)13-22(20)34-3/h4-13,35H,1-3H3,(H,26,30)(H,27,31)(H,28,32). The van der Waals surface area contributed by atoms with E-state index in [1.165, 1.54) is 27.2 Å². The van der Waals surface area contributed by atoms with E-state index >= 15 is 0 Å². The molecule has 0 saturated carbocycles. The first-order valence-corrected chi connectivity index (χ1v) is 11.0. The molecule has 0 heterocycles. The van der Waals surface area contributed by atoms with Crippen LogP contribution < -0.4 is 29.7 Å². The van der Waals surface area contributed by atoms with E-state index in [9.17, 15) is 14.4 Å². The fourth-order valence-electron chi connectivity index (χ4n) is 3.07. The second-order valence-electron chi connectivity index (χ2n) is 7.19. The van der Waals surface area contributed by atoms with Crippen molar-refractivity contribution in [2.45, 2.75) is 6.92 Å². The predicted molar refractivity (Wildman–Crippen MR) is 140 cm³/mol. The lowest BCUT2D eigenvalue weighted by Gasteiger charge is -2.19. The van der Waals surface area contributed by atoms with Crippen LogP contribution in [0.3, 0.4) is 0 Å². The number of benzene rings is 3. The maximum Gasteiger partial charge on any atom is 0.336 e. The van der Waals surface area contributed by atoms with Crippen LogP contribution in [-0.2, 0) is 4.79 Å². The molecule has 0 aliphatic heterocycles. The molecule has 0 unspecified atom stereocenters. The molecule has 0 aliphatic carbocycles. The Labute approximate surface area is 212 Å². The van der Waals surface area contributed by atoms with Crippen LogP contribution in [0.4, 0.5) is 27.5 Å². The molecule has 3 rings (SSSR count). The van der Waals surface area contributed by atoms with Gasteiger partial charge in [-0.25, -0.2) is 9.10 Å². The van der Waals surface area contributed by atoms with Gasteiger partial charge in [0.2, 0.25) is 5.91 Å². The first kappa shape index (κ1) is 25.7. The van der Waals surface area contributed by atoms with Gasteiger partial charge in [-0.05, 0) is 48.5 Å². The van der Waals surface area contributed by atoms with Crippen molar-refractivity contribution in [1.82, 2.24) is 0 Å². The summed E-state index contributed by atoms with van der Waals surface area (Å²) in [5.41, 5.74) is 2.20. The van der Waals surface area contributed by atoms with Crippen LogP contribution in [0.1, 0.15) is 17.3 Å². The number of carbonyl (C=O) groups excluding carboxylic acids is 3. The minimum Gasteiger partial charge on any atom is -0.495 e. The van der Waals surface area contributed by atoms with Gasteiger partial charge in [-0.1, -0.05) is 30.5 Å². The van der Waals surface area contributed by atoms with Gasteiger partial charge in [-0.3, -0.25) is 9.59 Å². The van der Waals surface area contributed by atoms with E-state index in [1.807, 2.05) is 0 Å². The first-order chi connectivity index (χ1) is 16.7. The van der Waals surface area contributed by atoms with Crippen LogP contribution in [0.5, 0.6) is 11.5 Å². The number of hydrogen-bond donors (Lipinski definition) is 4. The Morgan fingerprint density at radius 2 is 1.54 bits per heavy atom. The summed E-state index contributed by atoms with van der Waals surface area (Å²) in [4.78, 5) is 36.5. The minimum atomic E-state index is -0.556. The molecule has 0 saturated heterocycles. The maximum atomic E-state index is 12.7. The molecule has 0 spiro atoms. The summed E-state index contributed by atoms with van der Waals surface area (Å²) in [7, 11) is 2.93. The van der Waals surface area contributed by atoms with Gasteiger partial charge in [-0.15, -0.1) is 0 Å². The number of hydrogen-bond acceptors (Lipinski definition) is 6. The van der Waals surface area contributed by atoms with E-state index in [4.69, 9.17) is 21.1 Å². The molecule has 0 bridgehead atoms. The van der Waals surface area contributed by atoms with Gasteiger partial charge < -0.3 is 25.4 Å². The fourth-order valence-corrected chi connectivity index (χ4v) is 3.50. The fraction of sp³-hybridized carbons (Fsp3) is 0.125. The van der Waals surface area contributed by atoms with Crippen LogP contribution >= 0.6 is 24.4 Å². The number of nitrogens with one attached hydrogen (secondary N) is 3. The average molecular weight is 515 g/mol. The Kier molecular flexibility index (Phi) is 8.45. The Morgan fingerprint density at radius 3 is 2.17 bits per heavy atom. The van der Waals surface area contributed by atoms with Gasteiger partial charge in [0, 0.05) is 29.9 Å². The van der Waals surface area contributed by atoms with Crippen LogP contribution in [0, 0.1) is 0 Å². The molecule has 182 valence electrons. The maximum absolute atomic E-state index is 12.7. The molecule has 0 aliphatic rings. The minimum absolute atomic E-state index is 0.230. The molecule has 11 heteroatoms. The van der Waals surface area contributed by atoms with Crippen molar-refractivity contribution in [3.63, 3.8) is 0 Å². The zero-order valence-electron chi connectivity index (χ0n) is 19.1. The van der Waals surface area contributed by atoms with Crippen LogP contribution in [0.2, 0.25) is 5.02 Å². The molecule has 3 N–H and O–H groups in total. The topological polar surface area (TPSA) is 109 Å². The summed E-state index contributed by atoms with van der Waals surface area (Å²) in [6, 6.07) is 15.6. The highest BCUT2D eigenvalue weighted by Crippen LogP contribution is 2.36. The number of ether oxygens (including phenoxy) is 2. The highest BCUT2D eigenvalue weighted by molar-refractivity contribution is 7.82. The van der Waals surface area contributed by atoms with Gasteiger partial charge in [0.15, 0.2) is 0 Å². The number of thiol groups is 1. The van der Waals surface area contributed by atoms with Gasteiger partial charge in [0.05, 0.1) is 30.6 Å². The lowest BCUT2D eigenvalue weighted by Crippen LogP contribution is -2.27. The van der Waals surface area contributed by atoms with Gasteiger partial charge in [0.1, 0.15) is 11.5 Å². The van der Waals surface area contributed by atoms with Crippen LogP contribution in [0.25, 0.3) is 0 Å². The van der Waals surface area contributed by atoms with Crippen molar-refractivity contribution < 1.29 is 23.9 Å². The molecule has 3 aromatic carbocycles. The lowest BCUT2D eigenvalue weighted by molar-refractivity contribution is -0.114. The van der Waals surface area contributed by atoms with Gasteiger partial charge >= 0.3 is 6.03 Å². The highest BCUT2D eigenvalue weighted by Gasteiger charge is 2.17. The van der Waals surface area contributed by atoms with E-state index in [2.05, 4.69) is 28.8 Å². The predicted octanol–water partition coefficient (Wildman–Crippen LogP) is 5.45. The van der Waals surface area contributed by atoms with Gasteiger partial charge in [-0.2, -0.15) is 0 Å². The van der Waals surface area contributed by atoms with Crippen molar-refractivity contribution in [1.29, 1.82) is 0 Å².